The molecule has 0 saturated heterocycles. The Morgan fingerprint density at radius 3 is 1.65 bits per heavy atom. The molecule has 2 aromatic rings. The summed E-state index contributed by atoms with van der Waals surface area (Å²) in [4.78, 5) is 0. The van der Waals surface area contributed by atoms with E-state index in [4.69, 9.17) is 32.2 Å². The van der Waals surface area contributed by atoms with E-state index in [0.29, 0.717) is 0 Å². The van der Waals surface area contributed by atoms with Crippen LogP contribution in [0.1, 0.15) is 25.0 Å². The van der Waals surface area contributed by atoms with E-state index < -0.39 is 65.6 Å². The average molecular weight is 505 g/mol. The van der Waals surface area contributed by atoms with Crippen molar-refractivity contribution in [2.75, 3.05) is 32.3 Å². The molecule has 0 aromatic heterocycles. The highest BCUT2D eigenvalue weighted by Gasteiger charge is 2.29. The Kier molecular flexibility index (Phi) is 10.0. The number of aliphatic hydroxyl groups is 2. The molecule has 34 heavy (non-hydrogen) atoms. The summed E-state index contributed by atoms with van der Waals surface area (Å²) in [5.41, 5.74) is -1.06. The topological polar surface area (TPSA) is 68.2 Å². The summed E-state index contributed by atoms with van der Waals surface area (Å²) in [7, 11) is 0. The summed E-state index contributed by atoms with van der Waals surface area (Å²) in [6.07, 6.45) is 2.74. The van der Waals surface area contributed by atoms with Crippen molar-refractivity contribution in [3.8, 4) is 23.8 Å². The van der Waals surface area contributed by atoms with E-state index in [1.807, 2.05) is 0 Å². The number of terminal acetylenes is 1. The van der Waals surface area contributed by atoms with Crippen LogP contribution in [0.2, 0.25) is 0 Å². The number of alkyl halides is 1. The molecule has 0 bridgehead atoms. The fourth-order valence-electron chi connectivity index (χ4n) is 2.99. The lowest BCUT2D eigenvalue weighted by molar-refractivity contribution is 0.0211. The van der Waals surface area contributed by atoms with E-state index in [9.17, 15) is 27.8 Å². The maximum atomic E-state index is 14.6. The molecule has 2 rings (SSSR count). The predicted octanol–water partition coefficient (Wildman–Crippen LogP) is 3.94. The molecule has 0 aliphatic carbocycles. The van der Waals surface area contributed by atoms with E-state index in [-0.39, 0.29) is 30.2 Å². The minimum atomic E-state index is -1.22. The first kappa shape index (κ1) is 27.7. The van der Waals surface area contributed by atoms with Crippen LogP contribution >= 0.6 is 11.6 Å². The zero-order chi connectivity index (χ0) is 25.5. The zero-order valence-corrected chi connectivity index (χ0v) is 19.3. The van der Waals surface area contributed by atoms with Crippen LogP contribution in [0.3, 0.4) is 0 Å². The molecule has 2 atom stereocenters. The highest BCUT2D eigenvalue weighted by Crippen LogP contribution is 2.37. The summed E-state index contributed by atoms with van der Waals surface area (Å²) < 4.78 is 73.3. The molecule has 186 valence electrons. The number of aliphatic hydroxyl groups excluding tert-OH is 2. The van der Waals surface area contributed by atoms with Gasteiger partial charge in [-0.1, -0.05) is 19.8 Å². The Hall–Kier alpha value is -2.51. The predicted molar refractivity (Wildman–Crippen MR) is 118 cm³/mol. The standard InChI is InChI=1S/C24H25ClF4O5/c1-4-5-32-11-17(31)13-34-23-20(28)8-15(9-21(23)29)24(2,3)14-6-18(26)22(19(27)7-14)33-12-16(30)10-25/h1,6-9,16-17,30-31H,5,10-13H2,2-3H3/t16-,17-/m1/s1. The van der Waals surface area contributed by atoms with Crippen molar-refractivity contribution in [2.45, 2.75) is 31.5 Å². The van der Waals surface area contributed by atoms with Gasteiger partial charge in [-0.15, -0.1) is 18.0 Å². The molecular formula is C24H25ClF4O5. The second-order valence-corrected chi connectivity index (χ2v) is 8.27. The van der Waals surface area contributed by atoms with Gasteiger partial charge in [0.1, 0.15) is 32.0 Å². The third-order valence-corrected chi connectivity index (χ3v) is 5.31. The Balaban J connectivity index is 2.24. The molecule has 0 heterocycles. The molecule has 0 amide bonds. The average Bonchev–Trinajstić information content (AvgIpc) is 2.77. The number of hydrogen-bond acceptors (Lipinski definition) is 5. The largest absolute Gasteiger partial charge is 0.485 e. The van der Waals surface area contributed by atoms with Gasteiger partial charge in [-0.05, 0) is 35.4 Å². The van der Waals surface area contributed by atoms with E-state index >= 15 is 0 Å². The van der Waals surface area contributed by atoms with Crippen LogP contribution in [0.5, 0.6) is 11.5 Å². The zero-order valence-electron chi connectivity index (χ0n) is 18.6. The monoisotopic (exact) mass is 504 g/mol. The Morgan fingerprint density at radius 1 is 0.853 bits per heavy atom. The van der Waals surface area contributed by atoms with E-state index in [2.05, 4.69) is 5.92 Å². The minimum absolute atomic E-state index is 0.0345. The number of rotatable bonds is 12. The van der Waals surface area contributed by atoms with Gasteiger partial charge in [-0.25, -0.2) is 17.6 Å². The molecule has 2 aromatic carbocycles. The van der Waals surface area contributed by atoms with Gasteiger partial charge < -0.3 is 24.4 Å². The van der Waals surface area contributed by atoms with Gasteiger partial charge in [0, 0.05) is 5.41 Å². The lowest BCUT2D eigenvalue weighted by Crippen LogP contribution is -2.25. The normalized spacial score (nSPS) is 13.3. The SMILES string of the molecule is C#CCOC[C@@H](O)COc1c(F)cc(C(C)(C)c2cc(F)c(OC[C@H](O)CCl)c(F)c2)cc1F. The third kappa shape index (κ3) is 7.00. The van der Waals surface area contributed by atoms with Gasteiger partial charge in [-0.3, -0.25) is 0 Å². The Morgan fingerprint density at radius 2 is 1.26 bits per heavy atom. The van der Waals surface area contributed by atoms with Crippen LogP contribution < -0.4 is 9.47 Å². The molecule has 0 saturated carbocycles. The summed E-state index contributed by atoms with van der Waals surface area (Å²) in [5.74, 6) is -3.60. The first-order valence-corrected chi connectivity index (χ1v) is 10.7. The molecule has 0 spiro atoms. The van der Waals surface area contributed by atoms with Gasteiger partial charge in [0.05, 0.1) is 12.5 Å². The van der Waals surface area contributed by atoms with Crippen LogP contribution in [0, 0.1) is 35.6 Å². The molecular weight excluding hydrogens is 480 g/mol. The van der Waals surface area contributed by atoms with Crippen molar-refractivity contribution < 1.29 is 42.0 Å². The quantitative estimate of drug-likeness (QED) is 0.198. The van der Waals surface area contributed by atoms with Crippen molar-refractivity contribution in [3.05, 3.63) is 58.7 Å². The maximum absolute atomic E-state index is 14.6. The van der Waals surface area contributed by atoms with Gasteiger partial charge in [-0.2, -0.15) is 0 Å². The first-order valence-electron chi connectivity index (χ1n) is 10.2. The fourth-order valence-corrected chi connectivity index (χ4v) is 3.08. The first-order chi connectivity index (χ1) is 16.0. The van der Waals surface area contributed by atoms with Crippen LogP contribution in [-0.2, 0) is 10.2 Å². The van der Waals surface area contributed by atoms with Gasteiger partial charge in [0.25, 0.3) is 0 Å². The van der Waals surface area contributed by atoms with E-state index in [1.54, 1.807) is 0 Å². The number of halogens is 5. The maximum Gasteiger partial charge on any atom is 0.190 e. The van der Waals surface area contributed by atoms with Crippen LogP contribution in [0.25, 0.3) is 0 Å². The highest BCUT2D eigenvalue weighted by atomic mass is 35.5. The molecule has 10 heteroatoms. The number of ether oxygens (including phenoxy) is 3. The second kappa shape index (κ2) is 12.3. The van der Waals surface area contributed by atoms with Gasteiger partial charge >= 0.3 is 0 Å². The lowest BCUT2D eigenvalue weighted by atomic mass is 9.78. The summed E-state index contributed by atoms with van der Waals surface area (Å²) in [5, 5.41) is 19.2. The van der Waals surface area contributed by atoms with Crippen LogP contribution in [0.15, 0.2) is 24.3 Å². The number of benzene rings is 2. The second-order valence-electron chi connectivity index (χ2n) is 7.97. The number of hydrogen-bond donors (Lipinski definition) is 2. The van der Waals surface area contributed by atoms with Gasteiger partial charge in [0.15, 0.2) is 34.8 Å². The Labute approximate surface area is 200 Å². The van der Waals surface area contributed by atoms with Crippen LogP contribution in [-0.4, -0.2) is 54.7 Å². The van der Waals surface area contributed by atoms with Crippen molar-refractivity contribution in [2.24, 2.45) is 0 Å². The molecule has 0 radical (unpaired) electrons. The minimum Gasteiger partial charge on any atom is -0.485 e. The summed E-state index contributed by atoms with van der Waals surface area (Å²) in [6.45, 7) is 1.98. The van der Waals surface area contributed by atoms with Crippen molar-refractivity contribution in [1.82, 2.24) is 0 Å². The summed E-state index contributed by atoms with van der Waals surface area (Å²) in [6, 6.07) is 3.93. The highest BCUT2D eigenvalue weighted by molar-refractivity contribution is 6.18. The Bertz CT molecular complexity index is 979. The molecule has 0 aliphatic heterocycles. The third-order valence-electron chi connectivity index (χ3n) is 4.95. The molecule has 2 N–H and O–H groups in total. The molecule has 0 unspecified atom stereocenters. The molecule has 0 aliphatic rings. The van der Waals surface area contributed by atoms with Gasteiger partial charge in [0.2, 0.25) is 0 Å². The van der Waals surface area contributed by atoms with Crippen molar-refractivity contribution in [1.29, 1.82) is 0 Å². The smallest absolute Gasteiger partial charge is 0.190 e. The van der Waals surface area contributed by atoms with Crippen LogP contribution in [0.4, 0.5) is 17.6 Å². The fraction of sp³-hybridized carbons (Fsp3) is 0.417. The molecule has 5 nitrogen and oxygen atoms in total. The van der Waals surface area contributed by atoms with Crippen molar-refractivity contribution >= 4 is 11.6 Å². The summed E-state index contributed by atoms with van der Waals surface area (Å²) >= 11 is 5.44. The molecule has 0 fully saturated rings. The lowest BCUT2D eigenvalue weighted by Gasteiger charge is -2.27. The van der Waals surface area contributed by atoms with E-state index in [1.165, 1.54) is 13.8 Å². The van der Waals surface area contributed by atoms with E-state index in [0.717, 1.165) is 24.3 Å². The van der Waals surface area contributed by atoms with Crippen molar-refractivity contribution in [3.63, 3.8) is 0 Å².